The minimum absolute atomic E-state index is 0.621. The molecule has 1 heterocycles. The van der Waals surface area contributed by atoms with Crippen LogP contribution in [-0.2, 0) is 0 Å². The number of nitrogens with zero attached hydrogens (tertiary/aromatic N) is 2. The summed E-state index contributed by atoms with van der Waals surface area (Å²) in [4.78, 5) is 2.40. The van der Waals surface area contributed by atoms with E-state index in [0.29, 0.717) is 18.1 Å². The third kappa shape index (κ3) is 3.86. The second-order valence-electron chi connectivity index (χ2n) is 4.68. The first kappa shape index (κ1) is 15.1. The van der Waals surface area contributed by atoms with Gasteiger partial charge in [-0.25, -0.2) is 0 Å². The van der Waals surface area contributed by atoms with Crippen LogP contribution >= 0.6 is 15.9 Å². The number of hydrogen-bond acceptors (Lipinski definition) is 5. The fourth-order valence-corrected chi connectivity index (χ4v) is 2.88. The van der Waals surface area contributed by atoms with Crippen LogP contribution in [0.1, 0.15) is 18.4 Å². The van der Waals surface area contributed by atoms with Gasteiger partial charge in [0.1, 0.15) is 6.61 Å². The standard InChI is InChI=1S/C14H19BrN2O3/c1-19-13-9-11(10-16-18)8-12(15)14(13)20-7-6-17-4-2-3-5-17/h8-10,18H,2-7H2,1H3. The van der Waals surface area contributed by atoms with Gasteiger partial charge in [-0.3, -0.25) is 4.90 Å². The molecule has 1 fully saturated rings. The summed E-state index contributed by atoms with van der Waals surface area (Å²) in [5.74, 6) is 1.30. The summed E-state index contributed by atoms with van der Waals surface area (Å²) in [7, 11) is 1.59. The molecule has 1 saturated heterocycles. The van der Waals surface area contributed by atoms with Gasteiger partial charge >= 0.3 is 0 Å². The van der Waals surface area contributed by atoms with Gasteiger partial charge in [0, 0.05) is 12.1 Å². The van der Waals surface area contributed by atoms with Gasteiger partial charge in [-0.2, -0.15) is 0 Å². The minimum atomic E-state index is 0.621. The fraction of sp³-hybridized carbons (Fsp3) is 0.500. The van der Waals surface area contributed by atoms with E-state index in [4.69, 9.17) is 14.7 Å². The zero-order valence-corrected chi connectivity index (χ0v) is 13.1. The van der Waals surface area contributed by atoms with Crippen LogP contribution in [0.3, 0.4) is 0 Å². The van der Waals surface area contributed by atoms with E-state index in [1.165, 1.54) is 19.1 Å². The second-order valence-corrected chi connectivity index (χ2v) is 5.53. The Kier molecular flexibility index (Phi) is 5.67. The average molecular weight is 343 g/mol. The van der Waals surface area contributed by atoms with E-state index in [1.54, 1.807) is 13.2 Å². The van der Waals surface area contributed by atoms with Crippen molar-refractivity contribution in [1.82, 2.24) is 4.90 Å². The first-order chi connectivity index (χ1) is 9.74. The van der Waals surface area contributed by atoms with Crippen molar-refractivity contribution in [3.8, 4) is 11.5 Å². The lowest BCUT2D eigenvalue weighted by Crippen LogP contribution is -2.25. The van der Waals surface area contributed by atoms with Crippen LogP contribution in [0, 0.1) is 0 Å². The molecule has 1 N–H and O–H groups in total. The van der Waals surface area contributed by atoms with Gasteiger partial charge in [-0.1, -0.05) is 5.16 Å². The maximum absolute atomic E-state index is 8.58. The normalized spacial score (nSPS) is 15.9. The highest BCUT2D eigenvalue weighted by molar-refractivity contribution is 9.10. The van der Waals surface area contributed by atoms with Gasteiger partial charge in [-0.05, 0) is 54.0 Å². The highest BCUT2D eigenvalue weighted by Crippen LogP contribution is 2.36. The summed E-state index contributed by atoms with van der Waals surface area (Å²) in [6.07, 6.45) is 3.91. The maximum Gasteiger partial charge on any atom is 0.175 e. The van der Waals surface area contributed by atoms with Crippen molar-refractivity contribution in [3.63, 3.8) is 0 Å². The lowest BCUT2D eigenvalue weighted by molar-refractivity contribution is 0.229. The number of hydrogen-bond donors (Lipinski definition) is 1. The highest BCUT2D eigenvalue weighted by atomic mass is 79.9. The van der Waals surface area contributed by atoms with E-state index < -0.39 is 0 Å². The Morgan fingerprint density at radius 2 is 2.15 bits per heavy atom. The summed E-state index contributed by atoms with van der Waals surface area (Å²) in [6.45, 7) is 3.87. The predicted molar refractivity (Wildman–Crippen MR) is 81.2 cm³/mol. The molecule has 0 spiro atoms. The molecule has 6 heteroatoms. The van der Waals surface area contributed by atoms with Gasteiger partial charge in [-0.15, -0.1) is 0 Å². The lowest BCUT2D eigenvalue weighted by atomic mass is 10.2. The Morgan fingerprint density at radius 1 is 1.40 bits per heavy atom. The molecule has 1 aliphatic heterocycles. The Morgan fingerprint density at radius 3 is 2.80 bits per heavy atom. The van der Waals surface area contributed by atoms with E-state index in [9.17, 15) is 0 Å². The van der Waals surface area contributed by atoms with Gasteiger partial charge in [0.2, 0.25) is 0 Å². The van der Waals surface area contributed by atoms with Gasteiger partial charge in [0.15, 0.2) is 11.5 Å². The molecule has 20 heavy (non-hydrogen) atoms. The van der Waals surface area contributed by atoms with Crippen molar-refractivity contribution in [1.29, 1.82) is 0 Å². The molecule has 0 aromatic heterocycles. The van der Waals surface area contributed by atoms with Crippen molar-refractivity contribution in [3.05, 3.63) is 22.2 Å². The molecule has 110 valence electrons. The minimum Gasteiger partial charge on any atom is -0.493 e. The molecule has 0 atom stereocenters. The van der Waals surface area contributed by atoms with E-state index in [1.807, 2.05) is 6.07 Å². The Hall–Kier alpha value is -1.27. The average Bonchev–Trinajstić information content (AvgIpc) is 2.94. The molecule has 1 aromatic rings. The van der Waals surface area contributed by atoms with Crippen LogP contribution in [0.4, 0.5) is 0 Å². The third-order valence-electron chi connectivity index (χ3n) is 3.31. The monoisotopic (exact) mass is 342 g/mol. The molecule has 0 amide bonds. The molecular weight excluding hydrogens is 324 g/mol. The first-order valence-electron chi connectivity index (χ1n) is 6.64. The number of benzene rings is 1. The lowest BCUT2D eigenvalue weighted by Gasteiger charge is -2.17. The van der Waals surface area contributed by atoms with Gasteiger partial charge in [0.25, 0.3) is 0 Å². The number of halogens is 1. The Bertz CT molecular complexity index is 474. The molecule has 0 aliphatic carbocycles. The van der Waals surface area contributed by atoms with Gasteiger partial charge < -0.3 is 14.7 Å². The zero-order valence-electron chi connectivity index (χ0n) is 11.5. The van der Waals surface area contributed by atoms with E-state index >= 15 is 0 Å². The Balaban J connectivity index is 2.01. The molecular formula is C14H19BrN2O3. The molecule has 1 aromatic carbocycles. The molecule has 0 radical (unpaired) electrons. The molecule has 2 rings (SSSR count). The molecule has 1 aliphatic rings. The number of rotatable bonds is 6. The second kappa shape index (κ2) is 7.50. The number of methoxy groups -OCH3 is 1. The maximum atomic E-state index is 8.58. The van der Waals surface area contributed by atoms with Crippen molar-refractivity contribution in [2.24, 2.45) is 5.16 Å². The molecule has 5 nitrogen and oxygen atoms in total. The third-order valence-corrected chi connectivity index (χ3v) is 3.90. The smallest absolute Gasteiger partial charge is 0.175 e. The van der Waals surface area contributed by atoms with Gasteiger partial charge in [0.05, 0.1) is 17.8 Å². The predicted octanol–water partition coefficient (Wildman–Crippen LogP) is 2.74. The van der Waals surface area contributed by atoms with Crippen molar-refractivity contribution < 1.29 is 14.7 Å². The zero-order chi connectivity index (χ0) is 14.4. The van der Waals surface area contributed by atoms with Crippen LogP contribution in [0.15, 0.2) is 21.8 Å². The van der Waals surface area contributed by atoms with Crippen molar-refractivity contribution >= 4 is 22.1 Å². The molecule has 0 bridgehead atoms. The Labute approximate surface area is 127 Å². The summed E-state index contributed by atoms with van der Waals surface area (Å²) < 4.78 is 11.9. The van der Waals surface area contributed by atoms with E-state index in [2.05, 4.69) is 26.0 Å². The van der Waals surface area contributed by atoms with Crippen LogP contribution in [0.25, 0.3) is 0 Å². The van der Waals surface area contributed by atoms with Crippen molar-refractivity contribution in [2.45, 2.75) is 12.8 Å². The quantitative estimate of drug-likeness (QED) is 0.490. The van der Waals surface area contributed by atoms with Crippen LogP contribution in [0.2, 0.25) is 0 Å². The van der Waals surface area contributed by atoms with Crippen LogP contribution < -0.4 is 9.47 Å². The van der Waals surface area contributed by atoms with E-state index in [-0.39, 0.29) is 0 Å². The summed E-state index contributed by atoms with van der Waals surface area (Å²) in [6, 6.07) is 3.60. The summed E-state index contributed by atoms with van der Waals surface area (Å²) in [5.41, 5.74) is 0.739. The number of likely N-dealkylation sites (tertiary alicyclic amines) is 1. The first-order valence-corrected chi connectivity index (χ1v) is 7.44. The summed E-state index contributed by atoms with van der Waals surface area (Å²) in [5, 5.41) is 11.6. The number of ether oxygens (including phenoxy) is 2. The van der Waals surface area contributed by atoms with Crippen LogP contribution in [-0.4, -0.2) is 49.7 Å². The molecule has 0 unspecified atom stereocenters. The summed E-state index contributed by atoms with van der Waals surface area (Å²) >= 11 is 3.46. The topological polar surface area (TPSA) is 54.3 Å². The molecule has 0 saturated carbocycles. The van der Waals surface area contributed by atoms with E-state index in [0.717, 1.165) is 29.7 Å². The van der Waals surface area contributed by atoms with Crippen LogP contribution in [0.5, 0.6) is 11.5 Å². The fourth-order valence-electron chi connectivity index (χ4n) is 2.30. The highest BCUT2D eigenvalue weighted by Gasteiger charge is 2.14. The SMILES string of the molecule is COc1cc(C=NO)cc(Br)c1OCCN1CCCC1. The largest absolute Gasteiger partial charge is 0.493 e. The number of oxime groups is 1. The van der Waals surface area contributed by atoms with Crippen molar-refractivity contribution in [2.75, 3.05) is 33.4 Å².